The first-order valence-electron chi connectivity index (χ1n) is 8.32. The molecular weight excluding hydrogens is 292 g/mol. The van der Waals surface area contributed by atoms with Crippen LogP contribution in [0.25, 0.3) is 0 Å². The Morgan fingerprint density at radius 1 is 0.913 bits per heavy atom. The minimum absolute atomic E-state index is 0.0781. The Bertz CT molecular complexity index is 485. The van der Waals surface area contributed by atoms with Gasteiger partial charge in [0.2, 0.25) is 0 Å². The maximum atomic E-state index is 12.4. The molecule has 4 heteroatoms. The summed E-state index contributed by atoms with van der Waals surface area (Å²) in [6, 6.07) is 0. The van der Waals surface area contributed by atoms with Crippen LogP contribution in [-0.4, -0.2) is 25.2 Å². The van der Waals surface area contributed by atoms with Crippen LogP contribution in [0.1, 0.15) is 33.1 Å². The average molecular weight is 318 g/mol. The molecule has 2 bridgehead atoms. The standard InChI is InChI=1S/C19H26O4/c1-5-12(3)10-22-18(20)16-14-7-8-15(9-14)17(16)19(21)23-11-13(4)6-2/h7-8,14-17H,3-6,9-11H2,1-2H3. The first kappa shape index (κ1) is 17.5. The van der Waals surface area contributed by atoms with Crippen molar-refractivity contribution < 1.29 is 19.1 Å². The molecule has 0 aromatic carbocycles. The second kappa shape index (κ2) is 7.62. The van der Waals surface area contributed by atoms with Crippen LogP contribution < -0.4 is 0 Å². The largest absolute Gasteiger partial charge is 0.461 e. The van der Waals surface area contributed by atoms with Crippen LogP contribution in [0.2, 0.25) is 0 Å². The number of carbonyl (C=O) groups excluding carboxylic acids is 2. The quantitative estimate of drug-likeness (QED) is 0.508. The first-order valence-corrected chi connectivity index (χ1v) is 8.32. The molecule has 2 aliphatic carbocycles. The molecule has 2 aliphatic rings. The Balaban J connectivity index is 2.00. The molecule has 0 aromatic heterocycles. The molecule has 0 saturated heterocycles. The van der Waals surface area contributed by atoms with Gasteiger partial charge in [0.25, 0.3) is 0 Å². The van der Waals surface area contributed by atoms with Gasteiger partial charge in [0.05, 0.1) is 11.8 Å². The van der Waals surface area contributed by atoms with E-state index in [-0.39, 0.29) is 37.0 Å². The van der Waals surface area contributed by atoms with E-state index in [2.05, 4.69) is 13.2 Å². The molecule has 0 aromatic rings. The molecule has 1 fully saturated rings. The molecule has 4 nitrogen and oxygen atoms in total. The molecule has 0 amide bonds. The van der Waals surface area contributed by atoms with E-state index in [4.69, 9.17) is 9.47 Å². The van der Waals surface area contributed by atoms with Crippen LogP contribution in [0.5, 0.6) is 0 Å². The summed E-state index contributed by atoms with van der Waals surface area (Å²) < 4.78 is 10.7. The van der Waals surface area contributed by atoms with E-state index in [0.717, 1.165) is 30.4 Å². The smallest absolute Gasteiger partial charge is 0.310 e. The van der Waals surface area contributed by atoms with Gasteiger partial charge in [-0.3, -0.25) is 9.59 Å². The third-order valence-electron chi connectivity index (χ3n) is 4.84. The van der Waals surface area contributed by atoms with Crippen LogP contribution in [0, 0.1) is 23.7 Å². The minimum atomic E-state index is -0.433. The van der Waals surface area contributed by atoms with Gasteiger partial charge in [0.15, 0.2) is 0 Å². The van der Waals surface area contributed by atoms with Gasteiger partial charge in [-0.05, 0) is 42.2 Å². The van der Waals surface area contributed by atoms with E-state index in [1.54, 1.807) is 0 Å². The lowest BCUT2D eigenvalue weighted by atomic mass is 9.83. The first-order chi connectivity index (χ1) is 11.0. The number of allylic oxidation sites excluding steroid dienone is 2. The predicted octanol–water partition coefficient (Wildman–Crippen LogP) is 3.44. The lowest BCUT2D eigenvalue weighted by molar-refractivity contribution is -0.160. The topological polar surface area (TPSA) is 52.6 Å². The summed E-state index contributed by atoms with van der Waals surface area (Å²) in [4.78, 5) is 24.9. The molecule has 0 aliphatic heterocycles. The molecule has 4 atom stereocenters. The molecule has 0 spiro atoms. The van der Waals surface area contributed by atoms with E-state index >= 15 is 0 Å². The highest BCUT2D eigenvalue weighted by molar-refractivity contribution is 5.84. The zero-order valence-corrected chi connectivity index (χ0v) is 14.0. The van der Waals surface area contributed by atoms with Crippen molar-refractivity contribution in [2.75, 3.05) is 13.2 Å². The summed E-state index contributed by atoms with van der Waals surface area (Å²) in [5.74, 6) is -1.34. The third-order valence-corrected chi connectivity index (χ3v) is 4.84. The van der Waals surface area contributed by atoms with Crippen LogP contribution in [0.3, 0.4) is 0 Å². The molecule has 126 valence electrons. The van der Waals surface area contributed by atoms with Crippen molar-refractivity contribution in [3.05, 3.63) is 36.5 Å². The van der Waals surface area contributed by atoms with Gasteiger partial charge in [0, 0.05) is 0 Å². The third kappa shape index (κ3) is 3.92. The summed E-state index contributed by atoms with van der Waals surface area (Å²) in [6.45, 7) is 12.1. The second-order valence-corrected chi connectivity index (χ2v) is 6.42. The molecule has 2 rings (SSSR count). The Morgan fingerprint density at radius 2 is 1.30 bits per heavy atom. The van der Waals surface area contributed by atoms with Crippen molar-refractivity contribution in [1.29, 1.82) is 0 Å². The molecule has 0 radical (unpaired) electrons. The fraction of sp³-hybridized carbons (Fsp3) is 0.579. The second-order valence-electron chi connectivity index (χ2n) is 6.42. The van der Waals surface area contributed by atoms with Crippen molar-refractivity contribution in [3.63, 3.8) is 0 Å². The molecule has 1 saturated carbocycles. The number of hydrogen-bond acceptors (Lipinski definition) is 4. The van der Waals surface area contributed by atoms with E-state index in [0.29, 0.717) is 0 Å². The van der Waals surface area contributed by atoms with Crippen molar-refractivity contribution in [3.8, 4) is 0 Å². The minimum Gasteiger partial charge on any atom is -0.461 e. The van der Waals surface area contributed by atoms with Crippen molar-refractivity contribution in [2.45, 2.75) is 33.1 Å². The number of esters is 2. The van der Waals surface area contributed by atoms with Crippen LogP contribution >= 0.6 is 0 Å². The Morgan fingerprint density at radius 3 is 1.65 bits per heavy atom. The van der Waals surface area contributed by atoms with Gasteiger partial charge in [-0.2, -0.15) is 0 Å². The van der Waals surface area contributed by atoms with E-state index in [1.165, 1.54) is 0 Å². The van der Waals surface area contributed by atoms with Crippen molar-refractivity contribution in [2.24, 2.45) is 23.7 Å². The van der Waals surface area contributed by atoms with E-state index in [9.17, 15) is 9.59 Å². The summed E-state index contributed by atoms with van der Waals surface area (Å²) in [7, 11) is 0. The number of rotatable bonds is 8. The number of ether oxygens (including phenoxy) is 2. The zero-order valence-electron chi connectivity index (χ0n) is 14.0. The van der Waals surface area contributed by atoms with Crippen LogP contribution in [0.15, 0.2) is 36.5 Å². The van der Waals surface area contributed by atoms with Crippen molar-refractivity contribution in [1.82, 2.24) is 0 Å². The molecule has 0 N–H and O–H groups in total. The molecule has 0 heterocycles. The molecule has 23 heavy (non-hydrogen) atoms. The van der Waals surface area contributed by atoms with Gasteiger partial charge in [-0.1, -0.05) is 39.2 Å². The van der Waals surface area contributed by atoms with Gasteiger partial charge < -0.3 is 9.47 Å². The summed E-state index contributed by atoms with van der Waals surface area (Å²) >= 11 is 0. The van der Waals surface area contributed by atoms with Crippen LogP contribution in [0.4, 0.5) is 0 Å². The highest BCUT2D eigenvalue weighted by Gasteiger charge is 2.53. The summed E-state index contributed by atoms with van der Waals surface area (Å²) in [5.41, 5.74) is 1.74. The van der Waals surface area contributed by atoms with Gasteiger partial charge in [0.1, 0.15) is 13.2 Å². The van der Waals surface area contributed by atoms with Gasteiger partial charge in [-0.15, -0.1) is 0 Å². The summed E-state index contributed by atoms with van der Waals surface area (Å²) in [6.07, 6.45) is 6.42. The van der Waals surface area contributed by atoms with E-state index < -0.39 is 11.8 Å². The SMILES string of the molecule is C=C(CC)COC(=O)C1C2C=CC(C2)C1C(=O)OCC(=C)CC. The van der Waals surface area contributed by atoms with Gasteiger partial charge in [-0.25, -0.2) is 0 Å². The predicted molar refractivity (Wildman–Crippen MR) is 88.5 cm³/mol. The number of hydrogen-bond donors (Lipinski definition) is 0. The number of carbonyl (C=O) groups is 2. The number of fused-ring (bicyclic) bond motifs is 2. The Labute approximate surface area is 138 Å². The Hall–Kier alpha value is -1.84. The fourth-order valence-electron chi connectivity index (χ4n) is 3.21. The highest BCUT2D eigenvalue weighted by Crippen LogP contribution is 2.49. The van der Waals surface area contributed by atoms with E-state index in [1.807, 2.05) is 26.0 Å². The molecular formula is C19H26O4. The van der Waals surface area contributed by atoms with Crippen molar-refractivity contribution >= 4 is 11.9 Å². The highest BCUT2D eigenvalue weighted by atomic mass is 16.5. The van der Waals surface area contributed by atoms with Gasteiger partial charge >= 0.3 is 11.9 Å². The lowest BCUT2D eigenvalue weighted by Gasteiger charge is -2.25. The maximum absolute atomic E-state index is 12.4. The summed E-state index contributed by atoms with van der Waals surface area (Å²) in [5, 5.41) is 0. The Kier molecular flexibility index (Phi) is 5.80. The zero-order chi connectivity index (χ0) is 17.0. The average Bonchev–Trinajstić information content (AvgIpc) is 3.17. The normalized spacial score (nSPS) is 27.7. The maximum Gasteiger partial charge on any atom is 0.310 e. The molecule has 4 unspecified atom stereocenters. The fourth-order valence-corrected chi connectivity index (χ4v) is 3.21. The monoisotopic (exact) mass is 318 g/mol. The van der Waals surface area contributed by atoms with Crippen LogP contribution in [-0.2, 0) is 19.1 Å². The lowest BCUT2D eigenvalue weighted by Crippen LogP contribution is -2.35.